The summed E-state index contributed by atoms with van der Waals surface area (Å²) in [5, 5.41) is 20.6. The van der Waals surface area contributed by atoms with Crippen LogP contribution in [0.15, 0.2) is 0 Å². The third kappa shape index (κ3) is 6.28. The van der Waals surface area contributed by atoms with E-state index < -0.39 is 6.10 Å². The molecule has 0 aromatic heterocycles. The SMILES string of the molecule is CCCC(C)NCC(O)CO. The molecule has 0 aromatic rings. The van der Waals surface area contributed by atoms with E-state index in [9.17, 15) is 0 Å². The van der Waals surface area contributed by atoms with Gasteiger partial charge in [0.1, 0.15) is 0 Å². The summed E-state index contributed by atoms with van der Waals surface area (Å²) in [6, 6.07) is 0.432. The first-order valence-electron chi connectivity index (χ1n) is 4.23. The largest absolute Gasteiger partial charge is 0.394 e. The van der Waals surface area contributed by atoms with Crippen LogP contribution in [0.3, 0.4) is 0 Å². The molecular formula is C8H19NO2. The van der Waals surface area contributed by atoms with Crippen LogP contribution >= 0.6 is 0 Å². The fourth-order valence-electron chi connectivity index (χ4n) is 0.937. The lowest BCUT2D eigenvalue weighted by Gasteiger charge is -2.14. The van der Waals surface area contributed by atoms with Crippen molar-refractivity contribution >= 4 is 0 Å². The first kappa shape index (κ1) is 10.9. The zero-order chi connectivity index (χ0) is 8.69. The van der Waals surface area contributed by atoms with Crippen molar-refractivity contribution in [3.8, 4) is 0 Å². The molecule has 3 nitrogen and oxygen atoms in total. The van der Waals surface area contributed by atoms with Gasteiger partial charge in [0.05, 0.1) is 12.7 Å². The lowest BCUT2D eigenvalue weighted by atomic mass is 10.2. The Kier molecular flexibility index (Phi) is 6.51. The number of aliphatic hydroxyl groups is 2. The molecule has 0 heterocycles. The second-order valence-corrected chi connectivity index (χ2v) is 2.93. The Morgan fingerprint density at radius 3 is 2.55 bits per heavy atom. The predicted molar refractivity (Wildman–Crippen MR) is 45.5 cm³/mol. The van der Waals surface area contributed by atoms with E-state index in [2.05, 4.69) is 19.2 Å². The van der Waals surface area contributed by atoms with Crippen molar-refractivity contribution in [2.75, 3.05) is 13.2 Å². The molecular weight excluding hydrogens is 142 g/mol. The first-order chi connectivity index (χ1) is 5.20. The summed E-state index contributed by atoms with van der Waals surface area (Å²) in [7, 11) is 0. The highest BCUT2D eigenvalue weighted by Crippen LogP contribution is 1.94. The van der Waals surface area contributed by atoms with E-state index in [1.807, 2.05) is 0 Å². The third-order valence-corrected chi connectivity index (χ3v) is 1.63. The van der Waals surface area contributed by atoms with Gasteiger partial charge in [0, 0.05) is 12.6 Å². The van der Waals surface area contributed by atoms with Gasteiger partial charge in [-0.1, -0.05) is 13.3 Å². The van der Waals surface area contributed by atoms with Crippen LogP contribution in [0.4, 0.5) is 0 Å². The van der Waals surface area contributed by atoms with Crippen molar-refractivity contribution < 1.29 is 10.2 Å². The van der Waals surface area contributed by atoms with Gasteiger partial charge in [-0.05, 0) is 13.3 Å². The van der Waals surface area contributed by atoms with Gasteiger partial charge in [-0.2, -0.15) is 0 Å². The maximum Gasteiger partial charge on any atom is 0.0895 e. The van der Waals surface area contributed by atoms with Gasteiger partial charge in [-0.15, -0.1) is 0 Å². The summed E-state index contributed by atoms with van der Waals surface area (Å²) < 4.78 is 0. The zero-order valence-electron chi connectivity index (χ0n) is 7.38. The van der Waals surface area contributed by atoms with Crippen molar-refractivity contribution in [3.05, 3.63) is 0 Å². The molecule has 2 unspecified atom stereocenters. The van der Waals surface area contributed by atoms with Crippen LogP contribution < -0.4 is 5.32 Å². The summed E-state index contributed by atoms with van der Waals surface area (Å²) >= 11 is 0. The highest BCUT2D eigenvalue weighted by atomic mass is 16.3. The average Bonchev–Trinajstić information content (AvgIpc) is 2.01. The number of aliphatic hydroxyl groups excluding tert-OH is 2. The van der Waals surface area contributed by atoms with E-state index in [0.29, 0.717) is 12.6 Å². The molecule has 68 valence electrons. The van der Waals surface area contributed by atoms with Crippen LogP contribution in [0, 0.1) is 0 Å². The molecule has 11 heavy (non-hydrogen) atoms. The summed E-state index contributed by atoms with van der Waals surface area (Å²) in [5.74, 6) is 0. The highest BCUT2D eigenvalue weighted by Gasteiger charge is 2.03. The van der Waals surface area contributed by atoms with Crippen LogP contribution in [0.2, 0.25) is 0 Å². The van der Waals surface area contributed by atoms with Gasteiger partial charge in [-0.25, -0.2) is 0 Å². The topological polar surface area (TPSA) is 52.5 Å². The molecule has 0 aliphatic carbocycles. The van der Waals surface area contributed by atoms with Crippen molar-refractivity contribution in [1.82, 2.24) is 5.32 Å². The van der Waals surface area contributed by atoms with Gasteiger partial charge in [0.2, 0.25) is 0 Å². The van der Waals surface area contributed by atoms with Gasteiger partial charge >= 0.3 is 0 Å². The van der Waals surface area contributed by atoms with Crippen LogP contribution in [0.25, 0.3) is 0 Å². The minimum atomic E-state index is -0.616. The molecule has 0 radical (unpaired) electrons. The number of rotatable bonds is 6. The number of nitrogens with one attached hydrogen (secondary N) is 1. The Bertz CT molecular complexity index is 88.2. The van der Waals surface area contributed by atoms with Gasteiger partial charge in [0.15, 0.2) is 0 Å². The second-order valence-electron chi connectivity index (χ2n) is 2.93. The summed E-state index contributed by atoms with van der Waals surface area (Å²) in [4.78, 5) is 0. The Hall–Kier alpha value is -0.120. The second kappa shape index (κ2) is 6.58. The third-order valence-electron chi connectivity index (χ3n) is 1.63. The summed E-state index contributed by atoms with van der Waals surface area (Å²) in [5.41, 5.74) is 0. The molecule has 2 atom stereocenters. The standard InChI is InChI=1S/C8H19NO2/c1-3-4-7(2)9-5-8(11)6-10/h7-11H,3-6H2,1-2H3. The van der Waals surface area contributed by atoms with Crippen LogP contribution in [0.1, 0.15) is 26.7 Å². The van der Waals surface area contributed by atoms with E-state index >= 15 is 0 Å². The molecule has 3 N–H and O–H groups in total. The quantitative estimate of drug-likeness (QED) is 0.518. The van der Waals surface area contributed by atoms with E-state index in [4.69, 9.17) is 10.2 Å². The lowest BCUT2D eigenvalue weighted by molar-refractivity contribution is 0.0921. The average molecular weight is 161 g/mol. The maximum absolute atomic E-state index is 8.96. The Labute approximate surface area is 68.4 Å². The van der Waals surface area contributed by atoms with Crippen molar-refractivity contribution in [3.63, 3.8) is 0 Å². The zero-order valence-corrected chi connectivity index (χ0v) is 7.38. The molecule has 0 aromatic carbocycles. The van der Waals surface area contributed by atoms with E-state index in [-0.39, 0.29) is 6.61 Å². The maximum atomic E-state index is 8.96. The molecule has 0 aliphatic rings. The molecule has 0 bridgehead atoms. The molecule has 3 heteroatoms. The monoisotopic (exact) mass is 161 g/mol. The Morgan fingerprint density at radius 2 is 2.09 bits per heavy atom. The van der Waals surface area contributed by atoms with Crippen LogP contribution in [-0.4, -0.2) is 35.5 Å². The van der Waals surface area contributed by atoms with E-state index in [0.717, 1.165) is 12.8 Å². The van der Waals surface area contributed by atoms with Crippen molar-refractivity contribution in [1.29, 1.82) is 0 Å². The van der Waals surface area contributed by atoms with Crippen molar-refractivity contribution in [2.45, 2.75) is 38.8 Å². The molecule has 0 saturated heterocycles. The highest BCUT2D eigenvalue weighted by molar-refractivity contribution is 4.63. The first-order valence-corrected chi connectivity index (χ1v) is 4.23. The molecule has 0 aliphatic heterocycles. The van der Waals surface area contributed by atoms with Crippen LogP contribution in [-0.2, 0) is 0 Å². The summed E-state index contributed by atoms with van der Waals surface area (Å²) in [6.45, 7) is 4.53. The van der Waals surface area contributed by atoms with E-state index in [1.54, 1.807) is 0 Å². The lowest BCUT2D eigenvalue weighted by Crippen LogP contribution is -2.35. The smallest absolute Gasteiger partial charge is 0.0895 e. The molecule has 0 spiro atoms. The Morgan fingerprint density at radius 1 is 1.45 bits per heavy atom. The van der Waals surface area contributed by atoms with E-state index in [1.165, 1.54) is 0 Å². The Balaban J connectivity index is 3.22. The fourth-order valence-corrected chi connectivity index (χ4v) is 0.937. The van der Waals surface area contributed by atoms with Crippen molar-refractivity contribution in [2.24, 2.45) is 0 Å². The van der Waals surface area contributed by atoms with Gasteiger partial charge in [0.25, 0.3) is 0 Å². The van der Waals surface area contributed by atoms with Gasteiger partial charge in [-0.3, -0.25) is 0 Å². The molecule has 0 rings (SSSR count). The minimum Gasteiger partial charge on any atom is -0.394 e. The fraction of sp³-hybridized carbons (Fsp3) is 1.00. The molecule has 0 fully saturated rings. The normalized spacial score (nSPS) is 16.4. The molecule has 0 amide bonds. The number of hydrogen-bond donors (Lipinski definition) is 3. The summed E-state index contributed by atoms with van der Waals surface area (Å²) in [6.07, 6.45) is 1.64. The minimum absolute atomic E-state index is 0.161. The predicted octanol–water partition coefficient (Wildman–Crippen LogP) is 0.118. The number of hydrogen-bond acceptors (Lipinski definition) is 3. The molecule has 0 saturated carbocycles. The van der Waals surface area contributed by atoms with Gasteiger partial charge < -0.3 is 15.5 Å². The van der Waals surface area contributed by atoms with Crippen LogP contribution in [0.5, 0.6) is 0 Å².